The number of nitrogen functional groups attached to an aromatic ring is 1. The SMILES string of the molecule is NNc1nc(Nc2c(Cl)cccc2Cl)c(F)cc1F. The molecule has 0 aliphatic carbocycles. The smallest absolute Gasteiger partial charge is 0.178 e. The summed E-state index contributed by atoms with van der Waals surface area (Å²) in [4.78, 5) is 3.65. The highest BCUT2D eigenvalue weighted by Crippen LogP contribution is 2.33. The maximum absolute atomic E-state index is 13.6. The number of hydrazine groups is 1. The van der Waals surface area contributed by atoms with Crippen LogP contribution >= 0.6 is 23.2 Å². The minimum Gasteiger partial charge on any atom is -0.335 e. The predicted octanol–water partition coefficient (Wildman–Crippen LogP) is 3.70. The molecular weight excluding hydrogens is 297 g/mol. The van der Waals surface area contributed by atoms with E-state index in [-0.39, 0.29) is 27.4 Å². The fraction of sp³-hybridized carbons (Fsp3) is 0. The minimum atomic E-state index is -0.907. The number of aromatic nitrogens is 1. The summed E-state index contributed by atoms with van der Waals surface area (Å²) in [5.74, 6) is 2.72. The maximum Gasteiger partial charge on any atom is 0.178 e. The number of para-hydroxylation sites is 1. The van der Waals surface area contributed by atoms with Gasteiger partial charge in [0, 0.05) is 6.07 Å². The largest absolute Gasteiger partial charge is 0.335 e. The second kappa shape index (κ2) is 5.56. The molecule has 0 bridgehead atoms. The summed E-state index contributed by atoms with van der Waals surface area (Å²) in [6.07, 6.45) is 0. The van der Waals surface area contributed by atoms with Crippen molar-refractivity contribution in [3.05, 3.63) is 45.9 Å². The first-order valence-electron chi connectivity index (χ1n) is 5.06. The van der Waals surface area contributed by atoms with Gasteiger partial charge in [-0.3, -0.25) is 0 Å². The van der Waals surface area contributed by atoms with Gasteiger partial charge in [0.2, 0.25) is 0 Å². The van der Waals surface area contributed by atoms with Crippen LogP contribution in [0.5, 0.6) is 0 Å². The number of nitrogens with zero attached hydrogens (tertiary/aromatic N) is 1. The van der Waals surface area contributed by atoms with Gasteiger partial charge in [0.1, 0.15) is 0 Å². The van der Waals surface area contributed by atoms with Crippen molar-refractivity contribution in [1.82, 2.24) is 4.98 Å². The van der Waals surface area contributed by atoms with Gasteiger partial charge in [-0.15, -0.1) is 0 Å². The van der Waals surface area contributed by atoms with Crippen LogP contribution in [0.25, 0.3) is 0 Å². The summed E-state index contributed by atoms with van der Waals surface area (Å²) in [6, 6.07) is 5.42. The lowest BCUT2D eigenvalue weighted by molar-refractivity contribution is 0.579. The van der Waals surface area contributed by atoms with Gasteiger partial charge in [-0.25, -0.2) is 19.6 Å². The van der Waals surface area contributed by atoms with E-state index in [4.69, 9.17) is 29.0 Å². The van der Waals surface area contributed by atoms with Crippen molar-refractivity contribution in [1.29, 1.82) is 0 Å². The van der Waals surface area contributed by atoms with Crippen LogP contribution in [0, 0.1) is 11.6 Å². The molecule has 0 radical (unpaired) electrons. The Balaban J connectivity index is 2.44. The van der Waals surface area contributed by atoms with E-state index in [1.807, 2.05) is 5.43 Å². The molecule has 2 aromatic rings. The molecule has 8 heteroatoms. The van der Waals surface area contributed by atoms with E-state index >= 15 is 0 Å². The predicted molar refractivity (Wildman–Crippen MR) is 71.7 cm³/mol. The highest BCUT2D eigenvalue weighted by atomic mass is 35.5. The zero-order valence-corrected chi connectivity index (χ0v) is 10.9. The number of anilines is 3. The van der Waals surface area contributed by atoms with Crippen molar-refractivity contribution in [2.45, 2.75) is 0 Å². The monoisotopic (exact) mass is 304 g/mol. The van der Waals surface area contributed by atoms with Crippen LogP contribution in [0.1, 0.15) is 0 Å². The van der Waals surface area contributed by atoms with E-state index in [2.05, 4.69) is 10.3 Å². The molecule has 2 rings (SSSR count). The second-order valence-electron chi connectivity index (χ2n) is 3.52. The molecule has 19 heavy (non-hydrogen) atoms. The van der Waals surface area contributed by atoms with Gasteiger partial charge in [-0.05, 0) is 12.1 Å². The molecule has 0 atom stereocenters. The summed E-state index contributed by atoms with van der Waals surface area (Å²) in [5.41, 5.74) is 2.29. The van der Waals surface area contributed by atoms with E-state index in [9.17, 15) is 8.78 Å². The van der Waals surface area contributed by atoms with Gasteiger partial charge < -0.3 is 10.7 Å². The minimum absolute atomic E-state index is 0.246. The topological polar surface area (TPSA) is 63.0 Å². The number of nitrogens with two attached hydrogens (primary N) is 1. The Morgan fingerprint density at radius 2 is 1.63 bits per heavy atom. The van der Waals surface area contributed by atoms with Gasteiger partial charge in [-0.1, -0.05) is 29.3 Å². The normalized spacial score (nSPS) is 10.4. The maximum atomic E-state index is 13.6. The Morgan fingerprint density at radius 3 is 2.21 bits per heavy atom. The zero-order valence-electron chi connectivity index (χ0n) is 9.35. The third-order valence-corrected chi connectivity index (χ3v) is 2.90. The average Bonchev–Trinajstić information content (AvgIpc) is 2.36. The summed E-state index contributed by atoms with van der Waals surface area (Å²) < 4.78 is 26.8. The molecule has 0 aliphatic heterocycles. The van der Waals surface area contributed by atoms with Gasteiger partial charge >= 0.3 is 0 Å². The molecule has 1 aromatic carbocycles. The first-order valence-corrected chi connectivity index (χ1v) is 5.82. The van der Waals surface area contributed by atoms with Crippen molar-refractivity contribution in [2.24, 2.45) is 5.84 Å². The lowest BCUT2D eigenvalue weighted by Gasteiger charge is -2.11. The summed E-state index contributed by atoms with van der Waals surface area (Å²) in [7, 11) is 0. The number of rotatable bonds is 3. The molecule has 0 amide bonds. The number of hydrogen-bond acceptors (Lipinski definition) is 4. The molecule has 0 saturated carbocycles. The third-order valence-electron chi connectivity index (χ3n) is 2.27. The Morgan fingerprint density at radius 1 is 1.05 bits per heavy atom. The van der Waals surface area contributed by atoms with E-state index < -0.39 is 11.6 Å². The van der Waals surface area contributed by atoms with Gasteiger partial charge in [0.15, 0.2) is 23.3 Å². The van der Waals surface area contributed by atoms with Crippen molar-refractivity contribution < 1.29 is 8.78 Å². The fourth-order valence-corrected chi connectivity index (χ4v) is 1.88. The first-order chi connectivity index (χ1) is 9.02. The highest BCUT2D eigenvalue weighted by molar-refractivity contribution is 6.39. The van der Waals surface area contributed by atoms with Gasteiger partial charge in [0.05, 0.1) is 15.7 Å². The molecule has 1 heterocycles. The molecule has 1 aromatic heterocycles. The fourth-order valence-electron chi connectivity index (χ4n) is 1.39. The molecule has 0 spiro atoms. The molecule has 0 unspecified atom stereocenters. The van der Waals surface area contributed by atoms with Crippen LogP contribution in [0.3, 0.4) is 0 Å². The van der Waals surface area contributed by atoms with Crippen LogP contribution in [-0.4, -0.2) is 4.98 Å². The van der Waals surface area contributed by atoms with Crippen LogP contribution in [0.2, 0.25) is 10.0 Å². The quantitative estimate of drug-likeness (QED) is 0.598. The van der Waals surface area contributed by atoms with Crippen LogP contribution in [0.15, 0.2) is 24.3 Å². The van der Waals surface area contributed by atoms with Gasteiger partial charge in [-0.2, -0.15) is 0 Å². The van der Waals surface area contributed by atoms with Crippen LogP contribution in [-0.2, 0) is 0 Å². The number of pyridine rings is 1. The number of nitrogens with one attached hydrogen (secondary N) is 2. The average molecular weight is 305 g/mol. The van der Waals surface area contributed by atoms with Crippen molar-refractivity contribution in [2.75, 3.05) is 10.7 Å². The lowest BCUT2D eigenvalue weighted by atomic mass is 10.3. The van der Waals surface area contributed by atoms with Crippen LogP contribution < -0.4 is 16.6 Å². The van der Waals surface area contributed by atoms with Crippen molar-refractivity contribution >= 4 is 40.5 Å². The lowest BCUT2D eigenvalue weighted by Crippen LogP contribution is -2.12. The van der Waals surface area contributed by atoms with Crippen molar-refractivity contribution in [3.8, 4) is 0 Å². The Labute approximate surface area is 117 Å². The molecule has 100 valence electrons. The molecule has 4 nitrogen and oxygen atoms in total. The Bertz CT molecular complexity index is 602. The second-order valence-corrected chi connectivity index (χ2v) is 4.33. The number of hydrogen-bond donors (Lipinski definition) is 3. The molecule has 4 N–H and O–H groups in total. The first kappa shape index (κ1) is 13.8. The molecular formula is C11H8Cl2F2N4. The number of benzene rings is 1. The van der Waals surface area contributed by atoms with E-state index in [0.29, 0.717) is 6.07 Å². The number of halogens is 4. The Kier molecular flexibility index (Phi) is 4.04. The summed E-state index contributed by atoms with van der Waals surface area (Å²) in [5, 5.41) is 3.15. The third kappa shape index (κ3) is 2.86. The molecule has 0 saturated heterocycles. The Hall–Kier alpha value is -1.63. The van der Waals surface area contributed by atoms with E-state index in [1.165, 1.54) is 0 Å². The standard InChI is InChI=1S/C11H8Cl2F2N4/c12-5-2-1-3-6(13)9(5)17-10-7(14)4-8(15)11(18-10)19-16/h1-4H,16H2,(H2,17,18,19). The summed E-state index contributed by atoms with van der Waals surface area (Å²) >= 11 is 11.9. The van der Waals surface area contributed by atoms with E-state index in [0.717, 1.165) is 0 Å². The van der Waals surface area contributed by atoms with Crippen LogP contribution in [0.4, 0.5) is 26.1 Å². The highest BCUT2D eigenvalue weighted by Gasteiger charge is 2.14. The van der Waals surface area contributed by atoms with E-state index in [1.54, 1.807) is 18.2 Å². The zero-order chi connectivity index (χ0) is 14.0. The van der Waals surface area contributed by atoms with Crippen molar-refractivity contribution in [3.63, 3.8) is 0 Å². The summed E-state index contributed by atoms with van der Waals surface area (Å²) in [6.45, 7) is 0. The molecule has 0 aliphatic rings. The van der Waals surface area contributed by atoms with Gasteiger partial charge in [0.25, 0.3) is 0 Å². The molecule has 0 fully saturated rings.